The zero-order valence-corrected chi connectivity index (χ0v) is 12.8. The maximum atomic E-state index is 12.9. The van der Waals surface area contributed by atoms with Crippen LogP contribution in [-0.2, 0) is 6.18 Å². The van der Waals surface area contributed by atoms with Gasteiger partial charge in [0.2, 0.25) is 0 Å². The second kappa shape index (κ2) is 6.90. The Morgan fingerprint density at radius 1 is 1.35 bits per heavy atom. The summed E-state index contributed by atoms with van der Waals surface area (Å²) in [4.78, 5) is 13.1. The number of piperazine rings is 1. The highest BCUT2D eigenvalue weighted by Gasteiger charge is 2.37. The minimum Gasteiger partial charge on any atom is -0.391 e. The van der Waals surface area contributed by atoms with E-state index >= 15 is 0 Å². The molecule has 1 saturated heterocycles. The van der Waals surface area contributed by atoms with E-state index in [0.717, 1.165) is 11.0 Å². The lowest BCUT2D eigenvalue weighted by Gasteiger charge is -2.33. The lowest BCUT2D eigenvalue weighted by molar-refractivity contribution is -0.900. The van der Waals surface area contributed by atoms with Gasteiger partial charge in [-0.05, 0) is 6.07 Å². The summed E-state index contributed by atoms with van der Waals surface area (Å²) in [5.41, 5.74) is -1.72. The Morgan fingerprint density at radius 3 is 2.43 bits per heavy atom. The van der Waals surface area contributed by atoms with Crippen LogP contribution in [0, 0.1) is 10.1 Å². The standard InChI is InChI=1S/C13H15ClF3N3O3/c14-10-8-11(19-3-1-18(2-4-19)5-6-21)12(20(22)23)7-9(10)13(15,16)17/h7-8,21H,1-6H2/p+1. The highest BCUT2D eigenvalue weighted by molar-refractivity contribution is 6.31. The molecule has 1 aliphatic rings. The molecule has 1 fully saturated rings. The van der Waals surface area contributed by atoms with Crippen molar-refractivity contribution in [1.82, 2.24) is 0 Å². The summed E-state index contributed by atoms with van der Waals surface area (Å²) in [5, 5.41) is 19.5. The van der Waals surface area contributed by atoms with E-state index < -0.39 is 27.4 Å². The average molecular weight is 355 g/mol. The molecule has 2 rings (SSSR count). The molecule has 0 aromatic heterocycles. The summed E-state index contributed by atoms with van der Waals surface area (Å²) in [7, 11) is 0. The molecular weight excluding hydrogens is 339 g/mol. The molecule has 0 spiro atoms. The predicted molar refractivity (Wildman–Crippen MR) is 78.0 cm³/mol. The number of nitro benzene ring substituents is 1. The molecule has 1 aliphatic heterocycles. The smallest absolute Gasteiger partial charge is 0.391 e. The zero-order valence-electron chi connectivity index (χ0n) is 12.1. The second-order valence-corrected chi connectivity index (χ2v) is 5.69. The van der Waals surface area contributed by atoms with Gasteiger partial charge in [0.05, 0.1) is 48.3 Å². The first-order chi connectivity index (χ1) is 10.7. The van der Waals surface area contributed by atoms with Crippen molar-refractivity contribution < 1.29 is 28.1 Å². The van der Waals surface area contributed by atoms with Crippen LogP contribution in [0.1, 0.15) is 5.56 Å². The fourth-order valence-electron chi connectivity index (χ4n) is 2.64. The number of benzene rings is 1. The number of aliphatic hydroxyl groups is 1. The van der Waals surface area contributed by atoms with Gasteiger partial charge in [0, 0.05) is 6.07 Å². The van der Waals surface area contributed by atoms with Gasteiger partial charge in [0.15, 0.2) is 0 Å². The Morgan fingerprint density at radius 2 is 1.96 bits per heavy atom. The fourth-order valence-corrected chi connectivity index (χ4v) is 2.91. The van der Waals surface area contributed by atoms with Crippen LogP contribution in [0.15, 0.2) is 12.1 Å². The molecule has 23 heavy (non-hydrogen) atoms. The van der Waals surface area contributed by atoms with Gasteiger partial charge in [0.25, 0.3) is 5.69 Å². The molecule has 0 radical (unpaired) electrons. The molecule has 1 aromatic rings. The number of nitro groups is 1. The van der Waals surface area contributed by atoms with Gasteiger partial charge in [-0.2, -0.15) is 13.2 Å². The first-order valence-electron chi connectivity index (χ1n) is 6.98. The Bertz CT molecular complexity index is 590. The topological polar surface area (TPSA) is 71.0 Å². The fraction of sp³-hybridized carbons (Fsp3) is 0.538. The first kappa shape index (κ1) is 17.8. The molecule has 0 aliphatic carbocycles. The second-order valence-electron chi connectivity index (χ2n) is 5.29. The highest BCUT2D eigenvalue weighted by atomic mass is 35.5. The lowest BCUT2D eigenvalue weighted by Crippen LogP contribution is -3.15. The number of aliphatic hydroxyl groups excluding tert-OH is 1. The summed E-state index contributed by atoms with van der Waals surface area (Å²) in [6.45, 7) is 2.77. The lowest BCUT2D eigenvalue weighted by atomic mass is 10.1. The molecular formula is C13H16ClF3N3O3+. The van der Waals surface area contributed by atoms with Crippen molar-refractivity contribution in [2.75, 3.05) is 44.2 Å². The van der Waals surface area contributed by atoms with Gasteiger partial charge >= 0.3 is 6.18 Å². The predicted octanol–water partition coefficient (Wildman–Crippen LogP) is 0.964. The third-order valence-electron chi connectivity index (χ3n) is 3.84. The van der Waals surface area contributed by atoms with Crippen LogP contribution in [0.5, 0.6) is 0 Å². The van der Waals surface area contributed by atoms with Gasteiger partial charge in [0.1, 0.15) is 12.2 Å². The summed E-state index contributed by atoms with van der Waals surface area (Å²) in [5.74, 6) is 0. The van der Waals surface area contributed by atoms with Crippen molar-refractivity contribution in [1.29, 1.82) is 0 Å². The Kier molecular flexibility index (Phi) is 5.33. The van der Waals surface area contributed by atoms with Gasteiger partial charge in [-0.3, -0.25) is 10.1 Å². The van der Waals surface area contributed by atoms with Gasteiger partial charge in [-0.25, -0.2) is 0 Å². The summed E-state index contributed by atoms with van der Waals surface area (Å²) < 4.78 is 38.6. The van der Waals surface area contributed by atoms with Crippen LogP contribution in [0.25, 0.3) is 0 Å². The summed E-state index contributed by atoms with van der Waals surface area (Å²) in [6, 6.07) is 1.50. The molecule has 128 valence electrons. The van der Waals surface area contributed by atoms with Crippen molar-refractivity contribution in [3.05, 3.63) is 32.8 Å². The van der Waals surface area contributed by atoms with Gasteiger partial charge in [-0.15, -0.1) is 0 Å². The van der Waals surface area contributed by atoms with Crippen molar-refractivity contribution in [2.45, 2.75) is 6.18 Å². The number of nitrogens with one attached hydrogen (secondary N) is 1. The van der Waals surface area contributed by atoms with E-state index in [4.69, 9.17) is 16.7 Å². The van der Waals surface area contributed by atoms with E-state index in [9.17, 15) is 23.3 Å². The van der Waals surface area contributed by atoms with E-state index in [1.165, 1.54) is 0 Å². The summed E-state index contributed by atoms with van der Waals surface area (Å²) >= 11 is 5.68. The van der Waals surface area contributed by atoms with Crippen molar-refractivity contribution >= 4 is 23.0 Å². The van der Waals surface area contributed by atoms with Gasteiger partial charge in [-0.1, -0.05) is 11.6 Å². The molecule has 6 nitrogen and oxygen atoms in total. The number of rotatable bonds is 4. The van der Waals surface area contributed by atoms with Crippen molar-refractivity contribution in [3.8, 4) is 0 Å². The minimum absolute atomic E-state index is 0.0432. The molecule has 0 atom stereocenters. The van der Waals surface area contributed by atoms with E-state index in [2.05, 4.69) is 0 Å². The molecule has 0 saturated carbocycles. The van der Waals surface area contributed by atoms with E-state index in [1.807, 2.05) is 0 Å². The normalized spacial score (nSPS) is 16.7. The molecule has 0 bridgehead atoms. The number of halogens is 4. The van der Waals surface area contributed by atoms with E-state index in [1.54, 1.807) is 4.90 Å². The first-order valence-corrected chi connectivity index (χ1v) is 7.36. The monoisotopic (exact) mass is 354 g/mol. The molecule has 0 unspecified atom stereocenters. The maximum absolute atomic E-state index is 12.9. The largest absolute Gasteiger partial charge is 0.418 e. The van der Waals surface area contributed by atoms with Gasteiger partial charge < -0.3 is 14.9 Å². The van der Waals surface area contributed by atoms with Crippen molar-refractivity contribution in [3.63, 3.8) is 0 Å². The quantitative estimate of drug-likeness (QED) is 0.624. The molecule has 2 N–H and O–H groups in total. The zero-order chi connectivity index (χ0) is 17.2. The SMILES string of the molecule is O=[N+]([O-])c1cc(C(F)(F)F)c(Cl)cc1N1CC[NH+](CCO)CC1. The Balaban J connectivity index is 2.32. The number of hydrogen-bond acceptors (Lipinski definition) is 4. The number of nitrogens with zero attached hydrogens (tertiary/aromatic N) is 2. The van der Waals surface area contributed by atoms with Crippen LogP contribution in [-0.4, -0.2) is 49.4 Å². The van der Waals surface area contributed by atoms with Crippen molar-refractivity contribution in [2.24, 2.45) is 0 Å². The highest BCUT2D eigenvalue weighted by Crippen LogP contribution is 2.41. The van der Waals surface area contributed by atoms with E-state index in [-0.39, 0.29) is 12.3 Å². The van der Waals surface area contributed by atoms with Crippen LogP contribution >= 0.6 is 11.6 Å². The summed E-state index contributed by atoms with van der Waals surface area (Å²) in [6.07, 6.45) is -4.75. The molecule has 1 heterocycles. The molecule has 10 heteroatoms. The van der Waals surface area contributed by atoms with E-state index in [0.29, 0.717) is 38.8 Å². The van der Waals surface area contributed by atoms with Crippen LogP contribution in [0.2, 0.25) is 5.02 Å². The molecule has 1 aromatic carbocycles. The third-order valence-corrected chi connectivity index (χ3v) is 4.16. The van der Waals surface area contributed by atoms with Crippen LogP contribution in [0.4, 0.5) is 24.5 Å². The molecule has 0 amide bonds. The van der Waals surface area contributed by atoms with Crippen LogP contribution < -0.4 is 9.80 Å². The number of quaternary nitrogens is 1. The van der Waals surface area contributed by atoms with Crippen LogP contribution in [0.3, 0.4) is 0 Å². The number of alkyl halides is 3. The minimum atomic E-state index is -4.75. The third kappa shape index (κ3) is 4.04. The number of hydrogen-bond donors (Lipinski definition) is 2. The average Bonchev–Trinajstić information content (AvgIpc) is 2.46. The Labute approximate surface area is 135 Å². The number of anilines is 1. The maximum Gasteiger partial charge on any atom is 0.418 e. The Hall–Kier alpha value is -1.58.